The van der Waals surface area contributed by atoms with Gasteiger partial charge in [-0.3, -0.25) is 4.98 Å². The molecular weight excluding hydrogens is 269 g/mol. The number of nitrogens with two attached hydrogens (primary N) is 1. The van der Waals surface area contributed by atoms with Crippen LogP contribution in [0.3, 0.4) is 0 Å². The van der Waals surface area contributed by atoms with Gasteiger partial charge in [0, 0.05) is 31.0 Å². The Labute approximate surface area is 123 Å². The largest absolute Gasteiger partial charge is 0.341 e. The number of rotatable bonds is 3. The molecule has 2 N–H and O–H groups in total. The second-order valence-electron chi connectivity index (χ2n) is 5.30. The zero-order valence-electron chi connectivity index (χ0n) is 11.7. The molecule has 0 aromatic carbocycles. The molecule has 0 saturated carbocycles. The number of anilines is 1. The van der Waals surface area contributed by atoms with Crippen LogP contribution in [-0.4, -0.2) is 34.6 Å². The summed E-state index contributed by atoms with van der Waals surface area (Å²) in [5, 5.41) is 0. The van der Waals surface area contributed by atoms with Gasteiger partial charge < -0.3 is 10.6 Å². The van der Waals surface area contributed by atoms with Crippen LogP contribution in [-0.2, 0) is 0 Å². The Morgan fingerprint density at radius 3 is 2.81 bits per heavy atom. The van der Waals surface area contributed by atoms with Crippen molar-refractivity contribution in [1.29, 1.82) is 0 Å². The molecule has 6 heteroatoms. The van der Waals surface area contributed by atoms with Crippen molar-refractivity contribution in [3.8, 4) is 11.3 Å². The molecule has 2 aromatic rings. The molecule has 0 atom stereocenters. The first-order valence-corrected chi connectivity index (χ1v) is 7.15. The van der Waals surface area contributed by atoms with Crippen molar-refractivity contribution in [2.75, 3.05) is 24.5 Å². The second-order valence-corrected chi connectivity index (χ2v) is 5.30. The standard InChI is InChI=1S/C15H18FN5/c16-13-7-12(9-18-10-13)14-1-4-19-15(20-14)21-5-2-11(8-17)3-6-21/h1,4,7,9-11H,2-3,5-6,8,17H2. The van der Waals surface area contributed by atoms with Gasteiger partial charge in [0.1, 0.15) is 5.82 Å². The lowest BCUT2D eigenvalue weighted by Crippen LogP contribution is -2.37. The first-order chi connectivity index (χ1) is 10.3. The smallest absolute Gasteiger partial charge is 0.225 e. The van der Waals surface area contributed by atoms with Gasteiger partial charge in [-0.15, -0.1) is 0 Å². The summed E-state index contributed by atoms with van der Waals surface area (Å²) < 4.78 is 13.3. The van der Waals surface area contributed by atoms with Crippen molar-refractivity contribution in [2.45, 2.75) is 12.8 Å². The van der Waals surface area contributed by atoms with Gasteiger partial charge in [-0.25, -0.2) is 14.4 Å². The van der Waals surface area contributed by atoms with E-state index in [2.05, 4.69) is 19.9 Å². The van der Waals surface area contributed by atoms with Crippen molar-refractivity contribution in [1.82, 2.24) is 15.0 Å². The molecule has 2 aromatic heterocycles. The lowest BCUT2D eigenvalue weighted by atomic mass is 9.97. The average Bonchev–Trinajstić information content (AvgIpc) is 2.55. The molecule has 0 unspecified atom stereocenters. The Balaban J connectivity index is 1.81. The van der Waals surface area contributed by atoms with Gasteiger partial charge in [0.05, 0.1) is 11.9 Å². The molecule has 1 fully saturated rings. The van der Waals surface area contributed by atoms with Crippen molar-refractivity contribution < 1.29 is 4.39 Å². The van der Waals surface area contributed by atoms with Crippen molar-refractivity contribution in [3.63, 3.8) is 0 Å². The Hall–Kier alpha value is -2.08. The highest BCUT2D eigenvalue weighted by Gasteiger charge is 2.20. The van der Waals surface area contributed by atoms with E-state index in [1.54, 1.807) is 18.5 Å². The third-order valence-electron chi connectivity index (χ3n) is 3.87. The van der Waals surface area contributed by atoms with Crippen LogP contribution in [0, 0.1) is 11.7 Å². The molecule has 0 spiro atoms. The third-order valence-corrected chi connectivity index (χ3v) is 3.87. The Morgan fingerprint density at radius 2 is 2.10 bits per heavy atom. The summed E-state index contributed by atoms with van der Waals surface area (Å²) >= 11 is 0. The third kappa shape index (κ3) is 3.16. The Morgan fingerprint density at radius 1 is 1.29 bits per heavy atom. The molecule has 21 heavy (non-hydrogen) atoms. The summed E-state index contributed by atoms with van der Waals surface area (Å²) in [5.74, 6) is 0.917. The van der Waals surface area contributed by atoms with E-state index in [1.165, 1.54) is 12.3 Å². The average molecular weight is 287 g/mol. The summed E-state index contributed by atoms with van der Waals surface area (Å²) in [6.45, 7) is 2.56. The van der Waals surface area contributed by atoms with Crippen LogP contribution in [0.2, 0.25) is 0 Å². The summed E-state index contributed by atoms with van der Waals surface area (Å²) in [6, 6.07) is 3.20. The van der Waals surface area contributed by atoms with Gasteiger partial charge in [0.15, 0.2) is 0 Å². The Bertz CT molecular complexity index is 611. The van der Waals surface area contributed by atoms with Gasteiger partial charge in [-0.05, 0) is 37.4 Å². The van der Waals surface area contributed by atoms with E-state index in [0.717, 1.165) is 32.5 Å². The first-order valence-electron chi connectivity index (χ1n) is 7.15. The molecule has 0 aliphatic carbocycles. The topological polar surface area (TPSA) is 67.9 Å². The normalized spacial score (nSPS) is 16.2. The maximum absolute atomic E-state index is 13.3. The van der Waals surface area contributed by atoms with Crippen molar-refractivity contribution in [2.24, 2.45) is 11.7 Å². The summed E-state index contributed by atoms with van der Waals surface area (Å²) in [6.07, 6.45) is 6.62. The van der Waals surface area contributed by atoms with Gasteiger partial charge >= 0.3 is 0 Å². The molecule has 5 nitrogen and oxygen atoms in total. The van der Waals surface area contributed by atoms with Gasteiger partial charge in [-0.1, -0.05) is 0 Å². The molecule has 110 valence electrons. The fraction of sp³-hybridized carbons (Fsp3) is 0.400. The maximum Gasteiger partial charge on any atom is 0.225 e. The summed E-state index contributed by atoms with van der Waals surface area (Å²) in [7, 11) is 0. The molecule has 1 aliphatic heterocycles. The minimum absolute atomic E-state index is 0.364. The lowest BCUT2D eigenvalue weighted by molar-refractivity contribution is 0.411. The van der Waals surface area contributed by atoms with Crippen LogP contribution >= 0.6 is 0 Å². The zero-order chi connectivity index (χ0) is 14.7. The molecule has 3 rings (SSSR count). The minimum atomic E-state index is -0.364. The first kappa shape index (κ1) is 13.9. The predicted octanol–water partition coefficient (Wildman–Crippen LogP) is 1.85. The molecule has 0 amide bonds. The van der Waals surface area contributed by atoms with Crippen LogP contribution in [0.15, 0.2) is 30.7 Å². The van der Waals surface area contributed by atoms with Gasteiger partial charge in [0.25, 0.3) is 0 Å². The highest BCUT2D eigenvalue weighted by molar-refractivity contribution is 5.58. The van der Waals surface area contributed by atoms with Crippen LogP contribution in [0.4, 0.5) is 10.3 Å². The summed E-state index contributed by atoms with van der Waals surface area (Å²) in [5.41, 5.74) is 7.06. The van der Waals surface area contributed by atoms with Gasteiger partial charge in [0.2, 0.25) is 5.95 Å². The molecule has 1 saturated heterocycles. The van der Waals surface area contributed by atoms with Crippen molar-refractivity contribution >= 4 is 5.95 Å². The van der Waals surface area contributed by atoms with E-state index in [0.29, 0.717) is 23.1 Å². The molecule has 0 bridgehead atoms. The monoisotopic (exact) mass is 287 g/mol. The van der Waals surface area contributed by atoms with Crippen LogP contribution in [0.5, 0.6) is 0 Å². The predicted molar refractivity (Wildman–Crippen MR) is 79.2 cm³/mol. The molecular formula is C15H18FN5. The second kappa shape index (κ2) is 6.13. The quantitative estimate of drug-likeness (QED) is 0.933. The molecule has 0 radical (unpaired) electrons. The van der Waals surface area contributed by atoms with Gasteiger partial charge in [-0.2, -0.15) is 0 Å². The number of hydrogen-bond acceptors (Lipinski definition) is 5. The number of piperidine rings is 1. The van der Waals surface area contributed by atoms with E-state index in [9.17, 15) is 4.39 Å². The van der Waals surface area contributed by atoms with Crippen LogP contribution in [0.1, 0.15) is 12.8 Å². The van der Waals surface area contributed by atoms with E-state index >= 15 is 0 Å². The number of nitrogens with zero attached hydrogens (tertiary/aromatic N) is 4. The fourth-order valence-corrected chi connectivity index (χ4v) is 2.58. The maximum atomic E-state index is 13.3. The van der Waals surface area contributed by atoms with E-state index in [1.807, 2.05) is 0 Å². The van der Waals surface area contributed by atoms with Crippen molar-refractivity contribution in [3.05, 3.63) is 36.5 Å². The van der Waals surface area contributed by atoms with E-state index in [-0.39, 0.29) is 5.82 Å². The zero-order valence-corrected chi connectivity index (χ0v) is 11.7. The summed E-state index contributed by atoms with van der Waals surface area (Å²) in [4.78, 5) is 14.9. The number of pyridine rings is 1. The highest BCUT2D eigenvalue weighted by atomic mass is 19.1. The SMILES string of the molecule is NCC1CCN(c2nccc(-c3cncc(F)c3)n2)CC1. The molecule has 3 heterocycles. The van der Waals surface area contributed by atoms with Crippen LogP contribution < -0.4 is 10.6 Å². The highest BCUT2D eigenvalue weighted by Crippen LogP contribution is 2.22. The van der Waals surface area contributed by atoms with Crippen LogP contribution in [0.25, 0.3) is 11.3 Å². The van der Waals surface area contributed by atoms with E-state index < -0.39 is 0 Å². The minimum Gasteiger partial charge on any atom is -0.341 e. The van der Waals surface area contributed by atoms with E-state index in [4.69, 9.17) is 5.73 Å². The fourth-order valence-electron chi connectivity index (χ4n) is 2.58. The number of halogens is 1. The lowest BCUT2D eigenvalue weighted by Gasteiger charge is -2.31. The number of aromatic nitrogens is 3. The molecule has 1 aliphatic rings. The number of hydrogen-bond donors (Lipinski definition) is 1. The Kier molecular flexibility index (Phi) is 4.06.